The molecule has 0 aromatic heterocycles. The Hall–Kier alpha value is -1.99. The molecule has 7 heteroatoms. The van der Waals surface area contributed by atoms with E-state index in [1.54, 1.807) is 19.2 Å². The number of rotatable bonds is 4. The van der Waals surface area contributed by atoms with Crippen LogP contribution in [0.15, 0.2) is 24.3 Å². The molecule has 108 valence electrons. The van der Waals surface area contributed by atoms with E-state index in [9.17, 15) is 14.9 Å². The zero-order chi connectivity index (χ0) is 14.5. The molecular formula is C13H17N3O4. The molecule has 1 aromatic carbocycles. The van der Waals surface area contributed by atoms with E-state index in [4.69, 9.17) is 4.74 Å². The first-order valence-electron chi connectivity index (χ1n) is 6.41. The molecule has 0 radical (unpaired) electrons. The first-order chi connectivity index (χ1) is 9.59. The highest BCUT2D eigenvalue weighted by Gasteiger charge is 2.24. The van der Waals surface area contributed by atoms with E-state index in [0.717, 1.165) is 6.54 Å². The number of ether oxygens (including phenoxy) is 1. The minimum absolute atomic E-state index is 0.0829. The van der Waals surface area contributed by atoms with E-state index in [1.165, 1.54) is 17.0 Å². The maximum atomic E-state index is 12.3. The van der Waals surface area contributed by atoms with Gasteiger partial charge in [0.25, 0.3) is 11.6 Å². The summed E-state index contributed by atoms with van der Waals surface area (Å²) in [6.07, 6.45) is -0.0829. The molecule has 0 bridgehead atoms. The van der Waals surface area contributed by atoms with Crippen molar-refractivity contribution in [3.63, 3.8) is 0 Å². The number of morpholine rings is 1. The van der Waals surface area contributed by atoms with Crippen molar-refractivity contribution < 1.29 is 14.5 Å². The summed E-state index contributed by atoms with van der Waals surface area (Å²) in [6, 6.07) is 5.96. The number of carbonyl (C=O) groups excluding carboxylic acids is 1. The lowest BCUT2D eigenvalue weighted by Gasteiger charge is -2.28. The van der Waals surface area contributed by atoms with Gasteiger partial charge in [0.1, 0.15) is 5.56 Å². The van der Waals surface area contributed by atoms with Crippen LogP contribution < -0.4 is 5.32 Å². The third-order valence-corrected chi connectivity index (χ3v) is 3.16. The Morgan fingerprint density at radius 1 is 1.55 bits per heavy atom. The summed E-state index contributed by atoms with van der Waals surface area (Å²) in [6.45, 7) is 2.49. The first-order valence-corrected chi connectivity index (χ1v) is 6.41. The Bertz CT molecular complexity index is 500. The fourth-order valence-corrected chi connectivity index (χ4v) is 2.14. The molecule has 1 aliphatic heterocycles. The van der Waals surface area contributed by atoms with Crippen molar-refractivity contribution in [1.82, 2.24) is 10.2 Å². The highest BCUT2D eigenvalue weighted by atomic mass is 16.6. The molecule has 2 rings (SSSR count). The third-order valence-electron chi connectivity index (χ3n) is 3.16. The Balaban J connectivity index is 2.08. The number of nitrogens with zero attached hydrogens (tertiary/aromatic N) is 2. The summed E-state index contributed by atoms with van der Waals surface area (Å²) in [5.74, 6) is -0.369. The maximum Gasteiger partial charge on any atom is 0.282 e. The van der Waals surface area contributed by atoms with Crippen LogP contribution in [-0.4, -0.2) is 55.1 Å². The van der Waals surface area contributed by atoms with E-state index < -0.39 is 4.92 Å². The monoisotopic (exact) mass is 279 g/mol. The second kappa shape index (κ2) is 6.44. The van der Waals surface area contributed by atoms with Gasteiger partial charge in [-0.3, -0.25) is 14.9 Å². The van der Waals surface area contributed by atoms with Gasteiger partial charge >= 0.3 is 0 Å². The second-order valence-electron chi connectivity index (χ2n) is 4.66. The van der Waals surface area contributed by atoms with Crippen molar-refractivity contribution in [3.8, 4) is 0 Å². The van der Waals surface area contributed by atoms with Gasteiger partial charge in [-0.2, -0.15) is 0 Å². The number of hydrogen-bond donors (Lipinski definition) is 1. The van der Waals surface area contributed by atoms with Crippen molar-refractivity contribution in [1.29, 1.82) is 0 Å². The lowest BCUT2D eigenvalue weighted by atomic mass is 10.1. The number of likely N-dealkylation sites (N-methyl/N-ethyl adjacent to an activating group) is 1. The van der Waals surface area contributed by atoms with Gasteiger partial charge in [0, 0.05) is 32.7 Å². The van der Waals surface area contributed by atoms with Gasteiger partial charge in [-0.15, -0.1) is 0 Å². The minimum atomic E-state index is -0.542. The zero-order valence-electron chi connectivity index (χ0n) is 11.2. The van der Waals surface area contributed by atoms with Crippen molar-refractivity contribution in [2.24, 2.45) is 0 Å². The molecule has 1 amide bonds. The fraction of sp³-hybridized carbons (Fsp3) is 0.462. The van der Waals surface area contributed by atoms with Gasteiger partial charge < -0.3 is 15.0 Å². The van der Waals surface area contributed by atoms with Crippen LogP contribution in [0.1, 0.15) is 10.4 Å². The number of para-hydroxylation sites is 1. The molecule has 1 fully saturated rings. The number of nitro benzene ring substituents is 1. The van der Waals surface area contributed by atoms with Gasteiger partial charge in [0.2, 0.25) is 0 Å². The Morgan fingerprint density at radius 2 is 2.30 bits per heavy atom. The molecular weight excluding hydrogens is 262 g/mol. The molecule has 7 nitrogen and oxygen atoms in total. The standard InChI is InChI=1S/C13H17N3O4/c1-15(9-10-8-14-6-7-20-10)13(17)11-4-2-3-5-12(11)16(18)19/h2-5,10,14H,6-9H2,1H3. The van der Waals surface area contributed by atoms with Crippen LogP contribution in [0, 0.1) is 10.1 Å². The van der Waals surface area contributed by atoms with Crippen LogP contribution in [0.4, 0.5) is 5.69 Å². The quantitative estimate of drug-likeness (QED) is 0.646. The summed E-state index contributed by atoms with van der Waals surface area (Å²) < 4.78 is 5.52. The van der Waals surface area contributed by atoms with Crippen LogP contribution in [0.3, 0.4) is 0 Å². The lowest BCUT2D eigenvalue weighted by Crippen LogP contribution is -2.45. The summed E-state index contributed by atoms with van der Waals surface area (Å²) >= 11 is 0. The zero-order valence-corrected chi connectivity index (χ0v) is 11.2. The molecule has 0 aliphatic carbocycles. The van der Waals surface area contributed by atoms with E-state index in [-0.39, 0.29) is 23.3 Å². The number of amides is 1. The predicted molar refractivity (Wildman–Crippen MR) is 72.7 cm³/mol. The highest BCUT2D eigenvalue weighted by molar-refractivity contribution is 5.97. The van der Waals surface area contributed by atoms with E-state index in [2.05, 4.69) is 5.32 Å². The summed E-state index contributed by atoms with van der Waals surface area (Å²) in [5.41, 5.74) is -0.0733. The summed E-state index contributed by atoms with van der Waals surface area (Å²) in [5, 5.41) is 14.1. The van der Waals surface area contributed by atoms with Crippen LogP contribution in [-0.2, 0) is 4.74 Å². The van der Waals surface area contributed by atoms with Gasteiger partial charge in [0.15, 0.2) is 0 Å². The lowest BCUT2D eigenvalue weighted by molar-refractivity contribution is -0.385. The van der Waals surface area contributed by atoms with Gasteiger partial charge in [-0.1, -0.05) is 12.1 Å². The average molecular weight is 279 g/mol. The van der Waals surface area contributed by atoms with Crippen molar-refractivity contribution in [2.45, 2.75) is 6.10 Å². The fourth-order valence-electron chi connectivity index (χ4n) is 2.14. The van der Waals surface area contributed by atoms with Crippen molar-refractivity contribution in [2.75, 3.05) is 33.3 Å². The number of carbonyl (C=O) groups is 1. The smallest absolute Gasteiger partial charge is 0.282 e. The normalized spacial score (nSPS) is 18.6. The number of nitrogens with one attached hydrogen (secondary N) is 1. The van der Waals surface area contributed by atoms with Crippen LogP contribution in [0.2, 0.25) is 0 Å². The minimum Gasteiger partial charge on any atom is -0.374 e. The molecule has 0 saturated carbocycles. The second-order valence-corrected chi connectivity index (χ2v) is 4.66. The Kier molecular flexibility index (Phi) is 4.65. The third kappa shape index (κ3) is 3.31. The number of nitro groups is 1. The van der Waals surface area contributed by atoms with Crippen molar-refractivity contribution in [3.05, 3.63) is 39.9 Å². The van der Waals surface area contributed by atoms with Gasteiger partial charge in [0.05, 0.1) is 17.6 Å². The SMILES string of the molecule is CN(CC1CNCCO1)C(=O)c1ccccc1[N+](=O)[O-]. The molecule has 1 aliphatic rings. The van der Waals surface area contributed by atoms with E-state index in [1.807, 2.05) is 0 Å². The van der Waals surface area contributed by atoms with Gasteiger partial charge in [-0.25, -0.2) is 0 Å². The Morgan fingerprint density at radius 3 is 2.95 bits per heavy atom. The molecule has 1 unspecified atom stereocenters. The van der Waals surface area contributed by atoms with Crippen LogP contribution in [0.25, 0.3) is 0 Å². The Labute approximate surface area is 116 Å². The molecule has 1 heterocycles. The van der Waals surface area contributed by atoms with Crippen LogP contribution in [0.5, 0.6) is 0 Å². The molecule has 1 atom stereocenters. The first kappa shape index (κ1) is 14.4. The molecule has 1 aromatic rings. The van der Waals surface area contributed by atoms with E-state index >= 15 is 0 Å². The summed E-state index contributed by atoms with van der Waals surface area (Å²) in [4.78, 5) is 24.1. The largest absolute Gasteiger partial charge is 0.374 e. The average Bonchev–Trinajstić information content (AvgIpc) is 2.47. The highest BCUT2D eigenvalue weighted by Crippen LogP contribution is 2.19. The molecule has 1 saturated heterocycles. The molecule has 0 spiro atoms. The molecule has 1 N–H and O–H groups in total. The number of benzene rings is 1. The molecule has 20 heavy (non-hydrogen) atoms. The van der Waals surface area contributed by atoms with Crippen LogP contribution >= 0.6 is 0 Å². The predicted octanol–water partition coefficient (Wildman–Crippen LogP) is 0.655. The summed E-state index contributed by atoms with van der Waals surface area (Å²) in [7, 11) is 1.62. The maximum absolute atomic E-state index is 12.3. The number of hydrogen-bond acceptors (Lipinski definition) is 5. The van der Waals surface area contributed by atoms with Crippen molar-refractivity contribution >= 4 is 11.6 Å². The topological polar surface area (TPSA) is 84.7 Å². The van der Waals surface area contributed by atoms with Gasteiger partial charge in [-0.05, 0) is 6.07 Å². The van der Waals surface area contributed by atoms with E-state index in [0.29, 0.717) is 19.7 Å².